The van der Waals surface area contributed by atoms with Gasteiger partial charge in [0.1, 0.15) is 0 Å². The van der Waals surface area contributed by atoms with E-state index in [1.54, 1.807) is 11.3 Å². The molecule has 0 aromatic carbocycles. The van der Waals surface area contributed by atoms with Crippen LogP contribution >= 0.6 is 11.3 Å². The van der Waals surface area contributed by atoms with Crippen LogP contribution < -0.4 is 10.2 Å². The summed E-state index contributed by atoms with van der Waals surface area (Å²) in [5.74, 6) is 0.561. The van der Waals surface area contributed by atoms with E-state index in [0.29, 0.717) is 12.2 Å². The maximum Gasteiger partial charge on any atom is 0.185 e. The van der Waals surface area contributed by atoms with Crippen LogP contribution in [-0.4, -0.2) is 44.5 Å². The summed E-state index contributed by atoms with van der Waals surface area (Å²) in [6.07, 6.45) is 1.62. The summed E-state index contributed by atoms with van der Waals surface area (Å²) in [6.45, 7) is 5.97. The summed E-state index contributed by atoms with van der Waals surface area (Å²) >= 11 is 1.68. The van der Waals surface area contributed by atoms with Crippen molar-refractivity contribution in [2.24, 2.45) is 0 Å². The van der Waals surface area contributed by atoms with Crippen molar-refractivity contribution >= 4 is 26.3 Å². The van der Waals surface area contributed by atoms with Gasteiger partial charge in [-0.15, -0.1) is 11.3 Å². The molecule has 1 aromatic heterocycles. The molecule has 1 aliphatic rings. The van der Waals surface area contributed by atoms with Crippen molar-refractivity contribution in [1.82, 2.24) is 10.3 Å². The van der Waals surface area contributed by atoms with E-state index in [4.69, 9.17) is 0 Å². The summed E-state index contributed by atoms with van der Waals surface area (Å²) in [5.41, 5.74) is 1.12. The van der Waals surface area contributed by atoms with E-state index in [9.17, 15) is 8.42 Å². The second kappa shape index (κ2) is 6.41. The zero-order valence-electron chi connectivity index (χ0n) is 12.3. The van der Waals surface area contributed by atoms with Crippen molar-refractivity contribution < 1.29 is 8.42 Å². The Balaban J connectivity index is 2.14. The average molecular weight is 317 g/mol. The van der Waals surface area contributed by atoms with Gasteiger partial charge in [0.15, 0.2) is 15.0 Å². The largest absolute Gasteiger partial charge is 0.347 e. The van der Waals surface area contributed by atoms with Gasteiger partial charge in [0.2, 0.25) is 0 Å². The lowest BCUT2D eigenvalue weighted by atomic mass is 10.2. The SMILES string of the molecule is CCNCc1sc(N(C)C2CCS(=O)(=O)C2)nc1CC. The zero-order valence-corrected chi connectivity index (χ0v) is 14.0. The zero-order chi connectivity index (χ0) is 14.8. The molecule has 0 aliphatic carbocycles. The minimum atomic E-state index is -2.85. The van der Waals surface area contributed by atoms with Crippen LogP contribution in [0.1, 0.15) is 30.8 Å². The lowest BCUT2D eigenvalue weighted by Gasteiger charge is -2.22. The summed E-state index contributed by atoms with van der Waals surface area (Å²) in [7, 11) is -0.890. The van der Waals surface area contributed by atoms with Gasteiger partial charge < -0.3 is 10.2 Å². The van der Waals surface area contributed by atoms with Gasteiger partial charge >= 0.3 is 0 Å². The Kier molecular flexibility index (Phi) is 5.04. The molecule has 1 unspecified atom stereocenters. The highest BCUT2D eigenvalue weighted by Gasteiger charge is 2.32. The van der Waals surface area contributed by atoms with Crippen molar-refractivity contribution in [3.63, 3.8) is 0 Å². The number of nitrogens with one attached hydrogen (secondary N) is 1. The highest BCUT2D eigenvalue weighted by molar-refractivity contribution is 7.91. The first kappa shape index (κ1) is 15.7. The molecule has 2 heterocycles. The number of hydrogen-bond donors (Lipinski definition) is 1. The average Bonchev–Trinajstić information content (AvgIpc) is 2.98. The first-order valence-electron chi connectivity index (χ1n) is 7.09. The third-order valence-electron chi connectivity index (χ3n) is 3.70. The van der Waals surface area contributed by atoms with Crippen molar-refractivity contribution in [3.8, 4) is 0 Å². The molecule has 0 amide bonds. The summed E-state index contributed by atoms with van der Waals surface area (Å²) in [4.78, 5) is 7.99. The highest BCUT2D eigenvalue weighted by Crippen LogP contribution is 2.29. The monoisotopic (exact) mass is 317 g/mol. The van der Waals surface area contributed by atoms with Crippen molar-refractivity contribution in [2.75, 3.05) is 30.0 Å². The molecule has 1 aliphatic heterocycles. The third kappa shape index (κ3) is 3.51. The third-order valence-corrected chi connectivity index (χ3v) is 6.63. The van der Waals surface area contributed by atoms with Crippen LogP contribution in [0.2, 0.25) is 0 Å². The Labute approximate surface area is 125 Å². The highest BCUT2D eigenvalue weighted by atomic mass is 32.2. The van der Waals surface area contributed by atoms with E-state index < -0.39 is 9.84 Å². The normalized spacial score (nSPS) is 21.2. The molecule has 7 heteroatoms. The van der Waals surface area contributed by atoms with E-state index >= 15 is 0 Å². The summed E-state index contributed by atoms with van der Waals surface area (Å²) < 4.78 is 23.2. The first-order chi connectivity index (χ1) is 9.46. The predicted octanol–water partition coefficient (Wildman–Crippen LogP) is 1.44. The molecule has 1 N–H and O–H groups in total. The van der Waals surface area contributed by atoms with Crippen LogP contribution in [0.4, 0.5) is 5.13 Å². The van der Waals surface area contributed by atoms with E-state index in [1.807, 2.05) is 11.9 Å². The van der Waals surface area contributed by atoms with Crippen molar-refractivity contribution in [3.05, 3.63) is 10.6 Å². The van der Waals surface area contributed by atoms with Gasteiger partial charge in [-0.2, -0.15) is 0 Å². The lowest BCUT2D eigenvalue weighted by Crippen LogP contribution is -2.32. The quantitative estimate of drug-likeness (QED) is 0.860. The molecule has 20 heavy (non-hydrogen) atoms. The second-order valence-electron chi connectivity index (χ2n) is 5.17. The molecule has 0 radical (unpaired) electrons. The van der Waals surface area contributed by atoms with Gasteiger partial charge in [-0.25, -0.2) is 13.4 Å². The fourth-order valence-electron chi connectivity index (χ4n) is 2.41. The van der Waals surface area contributed by atoms with Gasteiger partial charge in [0.05, 0.1) is 17.2 Å². The van der Waals surface area contributed by atoms with Gasteiger partial charge in [-0.1, -0.05) is 13.8 Å². The molecule has 0 saturated carbocycles. The Hall–Kier alpha value is -0.660. The van der Waals surface area contributed by atoms with Crippen LogP contribution in [0.15, 0.2) is 0 Å². The predicted molar refractivity (Wildman–Crippen MR) is 84.3 cm³/mol. The molecule has 2 rings (SSSR count). The molecule has 0 spiro atoms. The van der Waals surface area contributed by atoms with E-state index in [1.165, 1.54) is 4.88 Å². The number of aryl methyl sites for hydroxylation is 1. The molecule has 1 atom stereocenters. The Morgan fingerprint density at radius 2 is 2.20 bits per heavy atom. The van der Waals surface area contributed by atoms with Gasteiger partial charge in [0, 0.05) is 24.5 Å². The van der Waals surface area contributed by atoms with Crippen LogP contribution in [-0.2, 0) is 22.8 Å². The maximum atomic E-state index is 11.6. The van der Waals surface area contributed by atoms with Crippen molar-refractivity contribution in [2.45, 2.75) is 39.3 Å². The van der Waals surface area contributed by atoms with E-state index in [-0.39, 0.29) is 11.8 Å². The number of rotatable bonds is 6. The first-order valence-corrected chi connectivity index (χ1v) is 9.73. The Morgan fingerprint density at radius 3 is 2.75 bits per heavy atom. The maximum absolute atomic E-state index is 11.6. The molecule has 114 valence electrons. The number of thiazole rings is 1. The van der Waals surface area contributed by atoms with Crippen molar-refractivity contribution in [1.29, 1.82) is 0 Å². The van der Waals surface area contributed by atoms with Gasteiger partial charge in [-0.3, -0.25) is 0 Å². The number of sulfone groups is 1. The lowest BCUT2D eigenvalue weighted by molar-refractivity contribution is 0.601. The summed E-state index contributed by atoms with van der Waals surface area (Å²) in [5, 5.41) is 4.27. The number of hydrogen-bond acceptors (Lipinski definition) is 6. The van der Waals surface area contributed by atoms with E-state index in [2.05, 4.69) is 24.1 Å². The fraction of sp³-hybridized carbons (Fsp3) is 0.769. The minimum absolute atomic E-state index is 0.0721. The van der Waals surface area contributed by atoms with Crippen LogP contribution in [0.3, 0.4) is 0 Å². The van der Waals surface area contributed by atoms with Crippen LogP contribution in [0.25, 0.3) is 0 Å². The smallest absolute Gasteiger partial charge is 0.185 e. The minimum Gasteiger partial charge on any atom is -0.347 e. The second-order valence-corrected chi connectivity index (χ2v) is 8.46. The van der Waals surface area contributed by atoms with Crippen LogP contribution in [0.5, 0.6) is 0 Å². The molecule has 1 aromatic rings. The molecule has 1 saturated heterocycles. The van der Waals surface area contributed by atoms with E-state index in [0.717, 1.165) is 30.3 Å². The molecular formula is C13H23N3O2S2. The molecular weight excluding hydrogens is 294 g/mol. The van der Waals surface area contributed by atoms with Gasteiger partial charge in [-0.05, 0) is 19.4 Å². The fourth-order valence-corrected chi connectivity index (χ4v) is 5.34. The topological polar surface area (TPSA) is 62.3 Å². The van der Waals surface area contributed by atoms with Crippen LogP contribution in [0, 0.1) is 0 Å². The number of nitrogens with zero attached hydrogens (tertiary/aromatic N) is 2. The van der Waals surface area contributed by atoms with Gasteiger partial charge in [0.25, 0.3) is 0 Å². The Bertz CT molecular complexity index is 554. The Morgan fingerprint density at radius 1 is 1.45 bits per heavy atom. The molecule has 0 bridgehead atoms. The standard InChI is InChI=1S/C13H23N3O2S2/c1-4-11-12(8-14-5-2)19-13(15-11)16(3)10-6-7-20(17,18)9-10/h10,14H,4-9H2,1-3H3. The number of anilines is 1. The molecule has 1 fully saturated rings. The number of aromatic nitrogens is 1. The summed E-state index contributed by atoms with van der Waals surface area (Å²) in [6, 6.07) is 0.0721. The molecule has 5 nitrogen and oxygen atoms in total.